The van der Waals surface area contributed by atoms with Gasteiger partial charge in [0.15, 0.2) is 5.96 Å². The van der Waals surface area contributed by atoms with Gasteiger partial charge in [-0.25, -0.2) is 0 Å². The number of nitrogens with zero attached hydrogens (tertiary/aromatic N) is 2. The van der Waals surface area contributed by atoms with Gasteiger partial charge < -0.3 is 31.5 Å². The van der Waals surface area contributed by atoms with E-state index >= 15 is 0 Å². The Labute approximate surface area is 247 Å². The third-order valence-electron chi connectivity index (χ3n) is 7.64. The van der Waals surface area contributed by atoms with Crippen LogP contribution in [0.15, 0.2) is 72.8 Å². The van der Waals surface area contributed by atoms with E-state index in [1.807, 2.05) is 72.8 Å². The van der Waals surface area contributed by atoms with E-state index in [-0.39, 0.29) is 36.3 Å². The van der Waals surface area contributed by atoms with Crippen LogP contribution in [0.4, 0.5) is 0 Å². The van der Waals surface area contributed by atoms with Crippen LogP contribution in [-0.2, 0) is 9.59 Å². The number of hydrogen-bond donors (Lipinski definition) is 5. The zero-order chi connectivity index (χ0) is 30.1. The summed E-state index contributed by atoms with van der Waals surface area (Å²) >= 11 is 0. The third-order valence-corrected chi connectivity index (χ3v) is 7.64. The minimum absolute atomic E-state index is 0.0624. The Morgan fingerprint density at radius 1 is 1.05 bits per heavy atom. The van der Waals surface area contributed by atoms with Gasteiger partial charge in [0.2, 0.25) is 11.8 Å². The molecule has 10 nitrogen and oxygen atoms in total. The van der Waals surface area contributed by atoms with Crippen LogP contribution in [0.1, 0.15) is 41.1 Å². The van der Waals surface area contributed by atoms with Crippen molar-refractivity contribution in [1.82, 2.24) is 25.8 Å². The molecule has 0 spiro atoms. The number of hydrogen-bond acceptors (Lipinski definition) is 5. The van der Waals surface area contributed by atoms with Gasteiger partial charge in [0.05, 0.1) is 12.0 Å². The summed E-state index contributed by atoms with van der Waals surface area (Å²) in [6.07, 6.45) is 1.75. The molecule has 3 aromatic carbocycles. The molecule has 1 aliphatic rings. The number of carbonyl (C=O) groups excluding carboxylic acids is 3. The number of amides is 3. The van der Waals surface area contributed by atoms with Crippen molar-refractivity contribution in [2.75, 3.05) is 40.3 Å². The Bertz CT molecular complexity index is 1400. The first-order valence-electron chi connectivity index (χ1n) is 14.4. The van der Waals surface area contributed by atoms with Crippen molar-refractivity contribution >= 4 is 34.5 Å². The molecule has 6 N–H and O–H groups in total. The Kier molecular flexibility index (Phi) is 10.5. The molecule has 0 radical (unpaired) electrons. The number of guanidine groups is 1. The fourth-order valence-corrected chi connectivity index (χ4v) is 5.35. The monoisotopic (exact) mass is 571 g/mol. The number of nitrogens with two attached hydrogens (primary N) is 1. The molecule has 0 aromatic heterocycles. The van der Waals surface area contributed by atoms with E-state index in [4.69, 9.17) is 11.1 Å². The minimum atomic E-state index is -0.505. The van der Waals surface area contributed by atoms with Gasteiger partial charge in [-0.3, -0.25) is 19.8 Å². The van der Waals surface area contributed by atoms with E-state index in [9.17, 15) is 14.4 Å². The predicted molar refractivity (Wildman–Crippen MR) is 165 cm³/mol. The first kappa shape index (κ1) is 30.5. The standard InChI is InChI=1S/C32H41N7O3/c1-38(2)30(41)27(23-10-4-3-5-11-23)21-39-18-16-26(37-28(31(39)42)13-8-17-35-32(33)34)20-36-29(40)25-15-14-22-9-6-7-12-24(22)19-25/h3-7,9-12,14-15,19,26-28,37H,8,13,16-18,20-21H2,1-2H3,(H,36,40)(H4,33,34,35)/t26-,27?,28-/m0/s1. The molecule has 1 unspecified atom stereocenters. The zero-order valence-corrected chi connectivity index (χ0v) is 24.3. The van der Waals surface area contributed by atoms with Crippen molar-refractivity contribution in [3.8, 4) is 0 Å². The lowest BCUT2D eigenvalue weighted by Gasteiger charge is -2.29. The van der Waals surface area contributed by atoms with Crippen LogP contribution in [0.25, 0.3) is 10.8 Å². The Hall–Kier alpha value is -4.44. The molecule has 1 fully saturated rings. The van der Waals surface area contributed by atoms with Crippen molar-refractivity contribution < 1.29 is 14.4 Å². The summed E-state index contributed by atoms with van der Waals surface area (Å²) in [6, 6.07) is 22.4. The fourth-order valence-electron chi connectivity index (χ4n) is 5.35. The molecule has 42 heavy (non-hydrogen) atoms. The fraction of sp³-hybridized carbons (Fsp3) is 0.375. The van der Waals surface area contributed by atoms with Crippen LogP contribution in [0.5, 0.6) is 0 Å². The highest BCUT2D eigenvalue weighted by atomic mass is 16.2. The van der Waals surface area contributed by atoms with Crippen LogP contribution < -0.4 is 21.7 Å². The molecule has 10 heteroatoms. The average Bonchev–Trinajstić information content (AvgIpc) is 3.14. The van der Waals surface area contributed by atoms with E-state index in [1.54, 1.807) is 23.9 Å². The van der Waals surface area contributed by atoms with Crippen LogP contribution in [0.3, 0.4) is 0 Å². The molecule has 0 aliphatic carbocycles. The number of carbonyl (C=O) groups is 3. The van der Waals surface area contributed by atoms with Gasteiger partial charge in [-0.1, -0.05) is 60.7 Å². The molecule has 3 aromatic rings. The van der Waals surface area contributed by atoms with E-state index in [2.05, 4.69) is 16.0 Å². The number of nitrogens with one attached hydrogen (secondary N) is 4. The third kappa shape index (κ3) is 8.07. The normalized spacial score (nSPS) is 17.8. The summed E-state index contributed by atoms with van der Waals surface area (Å²) in [7, 11) is 3.45. The largest absolute Gasteiger partial charge is 0.370 e. The van der Waals surface area contributed by atoms with Crippen LogP contribution in [0, 0.1) is 5.41 Å². The van der Waals surface area contributed by atoms with E-state index in [1.165, 1.54) is 0 Å². The SMILES string of the molecule is CN(C)C(=O)C(CN1CC[C@@H](CNC(=O)c2ccc3ccccc3c2)N[C@@H](CCCNC(=N)N)C1=O)c1ccccc1. The van der Waals surface area contributed by atoms with Crippen molar-refractivity contribution in [1.29, 1.82) is 5.41 Å². The van der Waals surface area contributed by atoms with E-state index < -0.39 is 12.0 Å². The Morgan fingerprint density at radius 3 is 2.48 bits per heavy atom. The van der Waals surface area contributed by atoms with Gasteiger partial charge in [-0.05, 0) is 47.7 Å². The maximum Gasteiger partial charge on any atom is 0.251 e. The topological polar surface area (TPSA) is 144 Å². The highest BCUT2D eigenvalue weighted by molar-refractivity contribution is 5.98. The smallest absolute Gasteiger partial charge is 0.251 e. The van der Waals surface area contributed by atoms with Gasteiger partial charge in [-0.15, -0.1) is 0 Å². The summed E-state index contributed by atoms with van der Waals surface area (Å²) in [4.78, 5) is 43.4. The van der Waals surface area contributed by atoms with Gasteiger partial charge >= 0.3 is 0 Å². The second-order valence-electron chi connectivity index (χ2n) is 10.9. The molecule has 3 amide bonds. The summed E-state index contributed by atoms with van der Waals surface area (Å²) < 4.78 is 0. The molecule has 0 saturated carbocycles. The second-order valence-corrected chi connectivity index (χ2v) is 10.9. The molecule has 4 rings (SSSR count). The lowest BCUT2D eigenvalue weighted by atomic mass is 9.96. The number of rotatable bonds is 11. The van der Waals surface area contributed by atoms with Crippen LogP contribution in [0.2, 0.25) is 0 Å². The summed E-state index contributed by atoms with van der Waals surface area (Å²) in [6.45, 7) is 1.54. The molecule has 3 atom stereocenters. The highest BCUT2D eigenvalue weighted by Gasteiger charge is 2.34. The highest BCUT2D eigenvalue weighted by Crippen LogP contribution is 2.22. The zero-order valence-electron chi connectivity index (χ0n) is 24.3. The van der Waals surface area contributed by atoms with Gasteiger partial charge in [0.1, 0.15) is 0 Å². The number of fused-ring (bicyclic) bond motifs is 1. The van der Waals surface area contributed by atoms with Crippen molar-refractivity contribution in [3.05, 3.63) is 83.9 Å². The maximum atomic E-state index is 13.8. The number of benzene rings is 3. The van der Waals surface area contributed by atoms with Crippen molar-refractivity contribution in [3.63, 3.8) is 0 Å². The lowest BCUT2D eigenvalue weighted by Crippen LogP contribution is -2.50. The molecular formula is C32H41N7O3. The van der Waals surface area contributed by atoms with Gasteiger partial charge in [0, 0.05) is 51.9 Å². The van der Waals surface area contributed by atoms with E-state index in [0.717, 1.165) is 16.3 Å². The van der Waals surface area contributed by atoms with Crippen LogP contribution >= 0.6 is 0 Å². The molecule has 1 saturated heterocycles. The molecule has 222 valence electrons. The summed E-state index contributed by atoms with van der Waals surface area (Å²) in [5, 5.41) is 18.8. The van der Waals surface area contributed by atoms with Gasteiger partial charge in [-0.2, -0.15) is 0 Å². The van der Waals surface area contributed by atoms with Crippen molar-refractivity contribution in [2.24, 2.45) is 5.73 Å². The van der Waals surface area contributed by atoms with Crippen molar-refractivity contribution in [2.45, 2.75) is 37.3 Å². The van der Waals surface area contributed by atoms with Crippen LogP contribution in [-0.4, -0.2) is 85.8 Å². The molecule has 0 bridgehead atoms. The lowest BCUT2D eigenvalue weighted by molar-refractivity contribution is -0.135. The first-order chi connectivity index (χ1) is 20.2. The maximum absolute atomic E-state index is 13.8. The van der Waals surface area contributed by atoms with E-state index in [0.29, 0.717) is 44.5 Å². The summed E-state index contributed by atoms with van der Waals surface area (Å²) in [5.74, 6) is -0.910. The van der Waals surface area contributed by atoms with Gasteiger partial charge in [0.25, 0.3) is 5.91 Å². The average molecular weight is 572 g/mol. The second kappa shape index (κ2) is 14.5. The molecule has 1 heterocycles. The quantitative estimate of drug-likeness (QED) is 0.136. The Balaban J connectivity index is 1.48. The first-order valence-corrected chi connectivity index (χ1v) is 14.4. The number of likely N-dealkylation sites (N-methyl/N-ethyl adjacent to an activating group) is 1. The minimum Gasteiger partial charge on any atom is -0.370 e. The molecule has 1 aliphatic heterocycles. The summed E-state index contributed by atoms with van der Waals surface area (Å²) in [5.41, 5.74) is 6.87. The predicted octanol–water partition coefficient (Wildman–Crippen LogP) is 2.26. The Morgan fingerprint density at radius 2 is 1.76 bits per heavy atom. The molecular weight excluding hydrogens is 530 g/mol.